The van der Waals surface area contributed by atoms with E-state index in [0.717, 1.165) is 25.7 Å². The van der Waals surface area contributed by atoms with Gasteiger partial charge in [-0.25, -0.2) is 0 Å². The Morgan fingerprint density at radius 1 is 1.29 bits per heavy atom. The number of alkyl halides is 3. The van der Waals surface area contributed by atoms with Crippen molar-refractivity contribution in [2.75, 3.05) is 26.2 Å². The van der Waals surface area contributed by atoms with Gasteiger partial charge in [-0.1, -0.05) is 19.3 Å². The maximum Gasteiger partial charge on any atom is 0.404 e. The van der Waals surface area contributed by atoms with Crippen LogP contribution in [0.25, 0.3) is 0 Å². The molecule has 1 saturated heterocycles. The first-order valence-corrected chi connectivity index (χ1v) is 7.63. The lowest BCUT2D eigenvalue weighted by molar-refractivity contribution is -0.216. The highest BCUT2D eigenvalue weighted by Gasteiger charge is 2.61. The van der Waals surface area contributed by atoms with Crippen molar-refractivity contribution in [3.8, 4) is 0 Å². The molecule has 0 radical (unpaired) electrons. The summed E-state index contributed by atoms with van der Waals surface area (Å²) >= 11 is 0. The number of amides is 1. The summed E-state index contributed by atoms with van der Waals surface area (Å²) < 4.78 is 45.0. The van der Waals surface area contributed by atoms with Gasteiger partial charge in [0.05, 0.1) is 12.7 Å². The molecule has 2 rings (SSSR count). The molecule has 7 heteroatoms. The van der Waals surface area contributed by atoms with E-state index in [1.807, 2.05) is 0 Å². The molecule has 4 nitrogen and oxygen atoms in total. The molecule has 1 aliphatic heterocycles. The summed E-state index contributed by atoms with van der Waals surface area (Å²) in [6.45, 7) is 0.280. The highest BCUT2D eigenvalue weighted by atomic mass is 19.4. The molecule has 0 aromatic heterocycles. The summed E-state index contributed by atoms with van der Waals surface area (Å²) in [7, 11) is 0. The number of halogens is 3. The van der Waals surface area contributed by atoms with Gasteiger partial charge in [0.1, 0.15) is 0 Å². The molecule has 0 aromatic rings. The van der Waals surface area contributed by atoms with Gasteiger partial charge in [-0.05, 0) is 25.8 Å². The van der Waals surface area contributed by atoms with E-state index in [2.05, 4.69) is 10.6 Å². The average molecular weight is 308 g/mol. The zero-order valence-corrected chi connectivity index (χ0v) is 12.1. The fourth-order valence-electron chi connectivity index (χ4n) is 3.05. The summed E-state index contributed by atoms with van der Waals surface area (Å²) in [5.41, 5.74) is -2.28. The van der Waals surface area contributed by atoms with E-state index in [1.54, 1.807) is 0 Å². The first-order chi connectivity index (χ1) is 9.96. The van der Waals surface area contributed by atoms with Gasteiger partial charge in [0, 0.05) is 13.1 Å². The van der Waals surface area contributed by atoms with Crippen LogP contribution in [0.5, 0.6) is 0 Å². The summed E-state index contributed by atoms with van der Waals surface area (Å²) in [6, 6.07) is 0. The number of hydrogen-bond donors (Lipinski definition) is 2. The zero-order chi connectivity index (χ0) is 15.3. The van der Waals surface area contributed by atoms with Crippen LogP contribution in [0, 0.1) is 5.41 Å². The van der Waals surface area contributed by atoms with Crippen molar-refractivity contribution in [1.29, 1.82) is 0 Å². The molecule has 1 saturated carbocycles. The Balaban J connectivity index is 1.75. The molecular formula is C14H23F3N2O2. The topological polar surface area (TPSA) is 50.4 Å². The highest BCUT2D eigenvalue weighted by Crippen LogP contribution is 2.43. The van der Waals surface area contributed by atoms with Crippen molar-refractivity contribution >= 4 is 5.91 Å². The smallest absolute Gasteiger partial charge is 0.376 e. The van der Waals surface area contributed by atoms with Crippen LogP contribution in [0.4, 0.5) is 13.2 Å². The number of nitrogens with one attached hydrogen (secondary N) is 2. The van der Waals surface area contributed by atoms with Gasteiger partial charge in [-0.3, -0.25) is 4.79 Å². The maximum absolute atomic E-state index is 13.1. The molecule has 2 N–H and O–H groups in total. The minimum atomic E-state index is -4.52. The van der Waals surface area contributed by atoms with Crippen LogP contribution in [0.15, 0.2) is 0 Å². The second-order valence-corrected chi connectivity index (χ2v) is 5.89. The number of hydrogen-bond acceptors (Lipinski definition) is 3. The number of carbonyl (C=O) groups is 1. The first-order valence-electron chi connectivity index (χ1n) is 7.63. The number of rotatable bonds is 5. The molecular weight excluding hydrogens is 285 g/mol. The van der Waals surface area contributed by atoms with E-state index in [4.69, 9.17) is 4.74 Å². The van der Waals surface area contributed by atoms with Crippen molar-refractivity contribution in [3.05, 3.63) is 0 Å². The van der Waals surface area contributed by atoms with Gasteiger partial charge < -0.3 is 15.4 Å². The number of carbonyl (C=O) groups excluding carboxylic acids is 1. The Hall–Kier alpha value is -0.820. The van der Waals surface area contributed by atoms with Gasteiger partial charge in [-0.2, -0.15) is 13.2 Å². The van der Waals surface area contributed by atoms with Gasteiger partial charge >= 0.3 is 6.18 Å². The molecule has 21 heavy (non-hydrogen) atoms. The monoisotopic (exact) mass is 308 g/mol. The Labute approximate surface area is 122 Å². The molecule has 0 aromatic carbocycles. The largest absolute Gasteiger partial charge is 0.404 e. The molecule has 1 heterocycles. The van der Waals surface area contributed by atoms with Crippen LogP contribution >= 0.6 is 0 Å². The summed E-state index contributed by atoms with van der Waals surface area (Å²) in [6.07, 6.45) is 0.975. The van der Waals surface area contributed by atoms with Crippen LogP contribution in [0.1, 0.15) is 38.5 Å². The molecule has 0 bridgehead atoms. The summed E-state index contributed by atoms with van der Waals surface area (Å²) in [5, 5.41) is 5.02. The van der Waals surface area contributed by atoms with Crippen LogP contribution in [-0.4, -0.2) is 44.4 Å². The number of ether oxygens (including phenoxy) is 1. The lowest BCUT2D eigenvalue weighted by atomic mass is 9.85. The first kappa shape index (κ1) is 16.5. The third-order valence-corrected chi connectivity index (χ3v) is 4.43. The van der Waals surface area contributed by atoms with Crippen molar-refractivity contribution in [2.24, 2.45) is 5.41 Å². The van der Waals surface area contributed by atoms with E-state index < -0.39 is 17.5 Å². The standard InChI is InChI=1S/C14H23F3N2O2/c15-14(16,17)13(6-7-18-10-13)12(20)19-8-9-21-11-4-2-1-3-5-11/h11,18H,1-10H2,(H,19,20). The lowest BCUT2D eigenvalue weighted by Gasteiger charge is -2.29. The molecule has 122 valence electrons. The van der Waals surface area contributed by atoms with Crippen molar-refractivity contribution in [1.82, 2.24) is 10.6 Å². The molecule has 1 amide bonds. The van der Waals surface area contributed by atoms with Crippen LogP contribution in [0.3, 0.4) is 0 Å². The molecule has 1 aliphatic carbocycles. The fourth-order valence-corrected chi connectivity index (χ4v) is 3.05. The third kappa shape index (κ3) is 3.88. The van der Waals surface area contributed by atoms with Gasteiger partial charge in [0.15, 0.2) is 5.41 Å². The maximum atomic E-state index is 13.1. The normalized spacial score (nSPS) is 27.8. The van der Waals surface area contributed by atoms with E-state index >= 15 is 0 Å². The van der Waals surface area contributed by atoms with Crippen LogP contribution < -0.4 is 10.6 Å². The highest BCUT2D eigenvalue weighted by molar-refractivity contribution is 5.84. The zero-order valence-electron chi connectivity index (χ0n) is 12.1. The van der Waals surface area contributed by atoms with E-state index in [9.17, 15) is 18.0 Å². The SMILES string of the molecule is O=C(NCCOC1CCCCC1)C1(C(F)(F)F)CCNC1. The second kappa shape index (κ2) is 6.96. The molecule has 2 aliphatic rings. The Bertz CT molecular complexity index is 349. The van der Waals surface area contributed by atoms with Gasteiger partial charge in [0.2, 0.25) is 5.91 Å². The van der Waals surface area contributed by atoms with Gasteiger partial charge in [-0.15, -0.1) is 0 Å². The molecule has 1 unspecified atom stereocenters. The predicted octanol–water partition coefficient (Wildman–Crippen LogP) is 1.99. The lowest BCUT2D eigenvalue weighted by Crippen LogP contribution is -2.52. The van der Waals surface area contributed by atoms with Crippen molar-refractivity contribution in [3.63, 3.8) is 0 Å². The molecule has 0 spiro atoms. The van der Waals surface area contributed by atoms with Crippen LogP contribution in [-0.2, 0) is 9.53 Å². The van der Waals surface area contributed by atoms with E-state index in [0.29, 0.717) is 0 Å². The third-order valence-electron chi connectivity index (χ3n) is 4.43. The van der Waals surface area contributed by atoms with E-state index in [1.165, 1.54) is 6.42 Å². The Morgan fingerprint density at radius 2 is 2.00 bits per heavy atom. The molecule has 1 atom stereocenters. The van der Waals surface area contributed by atoms with Crippen molar-refractivity contribution in [2.45, 2.75) is 50.8 Å². The van der Waals surface area contributed by atoms with Crippen LogP contribution in [0.2, 0.25) is 0 Å². The predicted molar refractivity (Wildman–Crippen MR) is 71.8 cm³/mol. The minimum Gasteiger partial charge on any atom is -0.376 e. The fraction of sp³-hybridized carbons (Fsp3) is 0.929. The van der Waals surface area contributed by atoms with Crippen molar-refractivity contribution < 1.29 is 22.7 Å². The Kier molecular flexibility index (Phi) is 5.48. The summed E-state index contributed by atoms with van der Waals surface area (Å²) in [4.78, 5) is 11.9. The summed E-state index contributed by atoms with van der Waals surface area (Å²) in [5.74, 6) is -0.938. The average Bonchev–Trinajstić information content (AvgIpc) is 2.95. The minimum absolute atomic E-state index is 0.132. The quantitative estimate of drug-likeness (QED) is 0.764. The second-order valence-electron chi connectivity index (χ2n) is 5.89. The Morgan fingerprint density at radius 3 is 2.57 bits per heavy atom. The van der Waals surface area contributed by atoms with E-state index in [-0.39, 0.29) is 38.8 Å². The van der Waals surface area contributed by atoms with Gasteiger partial charge in [0.25, 0.3) is 0 Å². The molecule has 2 fully saturated rings.